The quantitative estimate of drug-likeness (QED) is 0.782. The van der Waals surface area contributed by atoms with Gasteiger partial charge in [-0.3, -0.25) is 4.79 Å². The van der Waals surface area contributed by atoms with E-state index in [0.717, 1.165) is 11.3 Å². The molecule has 0 atom stereocenters. The van der Waals surface area contributed by atoms with E-state index in [-0.39, 0.29) is 5.78 Å². The van der Waals surface area contributed by atoms with E-state index in [1.54, 1.807) is 19.2 Å². The van der Waals surface area contributed by atoms with Crippen LogP contribution in [0.3, 0.4) is 0 Å². The summed E-state index contributed by atoms with van der Waals surface area (Å²) >= 11 is 5.99. The lowest BCUT2D eigenvalue weighted by Crippen LogP contribution is -2.04. The number of Topliss-reactive ketones (excluding diaryl/α,β-unsaturated/α-hetero) is 1. The summed E-state index contributed by atoms with van der Waals surface area (Å²) in [6.07, 6.45) is 0.341. The van der Waals surface area contributed by atoms with Gasteiger partial charge in [-0.1, -0.05) is 35.9 Å². The molecule has 18 heavy (non-hydrogen) atoms. The van der Waals surface area contributed by atoms with Gasteiger partial charge < -0.3 is 4.74 Å². The van der Waals surface area contributed by atoms with Crippen LogP contribution in [0.4, 0.5) is 0 Å². The summed E-state index contributed by atoms with van der Waals surface area (Å²) < 4.78 is 5.07. The average Bonchev–Trinajstić information content (AvgIpc) is 2.40. The maximum atomic E-state index is 12.1. The van der Waals surface area contributed by atoms with E-state index in [1.807, 2.05) is 36.4 Å². The largest absolute Gasteiger partial charge is 0.497 e. The fourth-order valence-corrected chi connectivity index (χ4v) is 1.95. The molecule has 2 aromatic rings. The zero-order chi connectivity index (χ0) is 13.0. The average molecular weight is 261 g/mol. The molecule has 0 heterocycles. The molecule has 0 saturated heterocycles. The molecule has 0 spiro atoms. The second-order valence-electron chi connectivity index (χ2n) is 3.93. The number of halogens is 1. The predicted molar refractivity (Wildman–Crippen MR) is 72.5 cm³/mol. The van der Waals surface area contributed by atoms with Gasteiger partial charge in [0.25, 0.3) is 0 Å². The molecule has 2 nitrogen and oxygen atoms in total. The highest BCUT2D eigenvalue weighted by Gasteiger charge is 2.10. The molecule has 0 saturated carbocycles. The van der Waals surface area contributed by atoms with Crippen LogP contribution in [0.5, 0.6) is 5.75 Å². The second kappa shape index (κ2) is 5.69. The van der Waals surface area contributed by atoms with E-state index in [9.17, 15) is 4.79 Å². The lowest BCUT2D eigenvalue weighted by atomic mass is 10.0. The number of carbonyl (C=O) groups excluding carboxylic acids is 1. The number of rotatable bonds is 4. The Morgan fingerprint density at radius 3 is 2.39 bits per heavy atom. The summed E-state index contributed by atoms with van der Waals surface area (Å²) in [7, 11) is 1.61. The number of ether oxygens (including phenoxy) is 1. The third-order valence-electron chi connectivity index (χ3n) is 2.70. The van der Waals surface area contributed by atoms with E-state index in [0.29, 0.717) is 17.0 Å². The molecule has 2 rings (SSSR count). The van der Waals surface area contributed by atoms with Crippen molar-refractivity contribution >= 4 is 17.4 Å². The van der Waals surface area contributed by atoms with Gasteiger partial charge in [-0.25, -0.2) is 0 Å². The molecular weight excluding hydrogens is 248 g/mol. The molecule has 0 N–H and O–H groups in total. The highest BCUT2D eigenvalue weighted by atomic mass is 35.5. The maximum Gasteiger partial charge on any atom is 0.168 e. The lowest BCUT2D eigenvalue weighted by molar-refractivity contribution is 0.0993. The van der Waals surface area contributed by atoms with Crippen LogP contribution >= 0.6 is 11.6 Å². The molecule has 92 valence electrons. The number of hydrogen-bond donors (Lipinski definition) is 0. The fourth-order valence-electron chi connectivity index (χ4n) is 1.71. The zero-order valence-corrected chi connectivity index (χ0v) is 10.8. The van der Waals surface area contributed by atoms with Gasteiger partial charge in [0.2, 0.25) is 0 Å². The number of methoxy groups -OCH3 is 1. The molecule has 0 aromatic heterocycles. The topological polar surface area (TPSA) is 26.3 Å². The number of benzene rings is 2. The minimum atomic E-state index is 0.0192. The number of ketones is 1. The monoisotopic (exact) mass is 260 g/mol. The molecule has 3 heteroatoms. The first-order valence-electron chi connectivity index (χ1n) is 5.61. The van der Waals surface area contributed by atoms with Crippen LogP contribution in [0.1, 0.15) is 15.9 Å². The second-order valence-corrected chi connectivity index (χ2v) is 4.34. The standard InChI is InChI=1S/C15H13ClO2/c1-18-12-8-6-11(7-9-12)10-15(17)13-4-2-3-5-14(13)16/h2-9H,10H2,1H3. The SMILES string of the molecule is COc1ccc(CC(=O)c2ccccc2Cl)cc1. The molecule has 0 fully saturated rings. The molecule has 2 aromatic carbocycles. The zero-order valence-electron chi connectivity index (χ0n) is 10.0. The van der Waals surface area contributed by atoms with Gasteiger partial charge in [-0.05, 0) is 29.8 Å². The molecule has 0 bridgehead atoms. The van der Waals surface area contributed by atoms with Crippen molar-refractivity contribution in [3.05, 3.63) is 64.7 Å². The lowest BCUT2D eigenvalue weighted by Gasteiger charge is -2.04. The van der Waals surface area contributed by atoms with Crippen LogP contribution in [0.25, 0.3) is 0 Å². The Hall–Kier alpha value is -1.80. The van der Waals surface area contributed by atoms with Crippen LogP contribution in [-0.4, -0.2) is 12.9 Å². The molecule has 0 aliphatic carbocycles. The molecule has 0 radical (unpaired) electrons. The van der Waals surface area contributed by atoms with Crippen LogP contribution in [-0.2, 0) is 6.42 Å². The van der Waals surface area contributed by atoms with Crippen molar-refractivity contribution < 1.29 is 9.53 Å². The number of hydrogen-bond acceptors (Lipinski definition) is 2. The predicted octanol–water partition coefficient (Wildman–Crippen LogP) is 3.77. The summed E-state index contributed by atoms with van der Waals surface area (Å²) in [5.74, 6) is 0.801. The van der Waals surface area contributed by atoms with Crippen molar-refractivity contribution in [2.24, 2.45) is 0 Å². The molecule has 0 aliphatic heterocycles. The van der Waals surface area contributed by atoms with Gasteiger partial charge in [0.1, 0.15) is 5.75 Å². The summed E-state index contributed by atoms with van der Waals surface area (Å²) in [5.41, 5.74) is 1.51. The first kappa shape index (κ1) is 12.7. The molecule has 0 unspecified atom stereocenters. The Balaban J connectivity index is 2.14. The van der Waals surface area contributed by atoms with Gasteiger partial charge in [0.15, 0.2) is 5.78 Å². The van der Waals surface area contributed by atoms with Crippen LogP contribution in [0.2, 0.25) is 5.02 Å². The van der Waals surface area contributed by atoms with Crippen molar-refractivity contribution in [3.63, 3.8) is 0 Å². The third-order valence-corrected chi connectivity index (χ3v) is 3.03. The minimum absolute atomic E-state index is 0.0192. The summed E-state index contributed by atoms with van der Waals surface area (Å²) in [4.78, 5) is 12.1. The smallest absolute Gasteiger partial charge is 0.168 e. The molecule has 0 aliphatic rings. The minimum Gasteiger partial charge on any atom is -0.497 e. The van der Waals surface area contributed by atoms with Crippen molar-refractivity contribution in [2.75, 3.05) is 7.11 Å². The third kappa shape index (κ3) is 2.90. The van der Waals surface area contributed by atoms with Gasteiger partial charge in [-0.15, -0.1) is 0 Å². The van der Waals surface area contributed by atoms with Crippen LogP contribution in [0, 0.1) is 0 Å². The van der Waals surface area contributed by atoms with E-state index in [1.165, 1.54) is 0 Å². The highest BCUT2D eigenvalue weighted by Crippen LogP contribution is 2.18. The molecular formula is C15H13ClO2. The first-order chi connectivity index (χ1) is 8.70. The summed E-state index contributed by atoms with van der Waals surface area (Å²) in [6, 6.07) is 14.5. The van der Waals surface area contributed by atoms with E-state index < -0.39 is 0 Å². The Morgan fingerprint density at radius 2 is 1.78 bits per heavy atom. The fraction of sp³-hybridized carbons (Fsp3) is 0.133. The van der Waals surface area contributed by atoms with Gasteiger partial charge in [-0.2, -0.15) is 0 Å². The Labute approximate surface area is 111 Å². The van der Waals surface area contributed by atoms with Crippen molar-refractivity contribution in [2.45, 2.75) is 6.42 Å². The van der Waals surface area contributed by atoms with E-state index in [2.05, 4.69) is 0 Å². The van der Waals surface area contributed by atoms with E-state index in [4.69, 9.17) is 16.3 Å². The Morgan fingerprint density at radius 1 is 1.11 bits per heavy atom. The van der Waals surface area contributed by atoms with Crippen molar-refractivity contribution in [1.29, 1.82) is 0 Å². The van der Waals surface area contributed by atoms with Gasteiger partial charge >= 0.3 is 0 Å². The van der Waals surface area contributed by atoms with Gasteiger partial charge in [0.05, 0.1) is 12.1 Å². The molecule has 0 amide bonds. The van der Waals surface area contributed by atoms with Crippen LogP contribution < -0.4 is 4.74 Å². The Kier molecular flexibility index (Phi) is 4.00. The highest BCUT2D eigenvalue weighted by molar-refractivity contribution is 6.34. The normalized spacial score (nSPS) is 10.1. The summed E-state index contributed by atoms with van der Waals surface area (Å²) in [6.45, 7) is 0. The van der Waals surface area contributed by atoms with Crippen molar-refractivity contribution in [1.82, 2.24) is 0 Å². The number of carbonyl (C=O) groups is 1. The summed E-state index contributed by atoms with van der Waals surface area (Å²) in [5, 5.41) is 0.496. The first-order valence-corrected chi connectivity index (χ1v) is 5.99. The van der Waals surface area contributed by atoms with Crippen molar-refractivity contribution in [3.8, 4) is 5.75 Å². The maximum absolute atomic E-state index is 12.1. The Bertz CT molecular complexity index is 547. The van der Waals surface area contributed by atoms with Crippen LogP contribution in [0.15, 0.2) is 48.5 Å². The van der Waals surface area contributed by atoms with Gasteiger partial charge in [0, 0.05) is 12.0 Å². The van der Waals surface area contributed by atoms with E-state index >= 15 is 0 Å².